The Labute approximate surface area is 117 Å². The molecule has 0 unspecified atom stereocenters. The molecule has 0 bridgehead atoms. The summed E-state index contributed by atoms with van der Waals surface area (Å²) in [5, 5.41) is 2.64. The Morgan fingerprint density at radius 1 is 0.850 bits per heavy atom. The molecule has 0 radical (unpaired) electrons. The van der Waals surface area contributed by atoms with Gasteiger partial charge in [-0.1, -0.05) is 54.5 Å². The number of nitrogens with one attached hydrogen (secondary N) is 1. The van der Waals surface area contributed by atoms with E-state index in [1.807, 2.05) is 12.1 Å². The highest BCUT2D eigenvalue weighted by atomic mass is 16.1. The monoisotopic (exact) mass is 263 g/mol. The minimum Gasteiger partial charge on any atom is -0.341 e. The fourth-order valence-electron chi connectivity index (χ4n) is 1.60. The maximum Gasteiger partial charge on any atom is 0.252 e. The van der Waals surface area contributed by atoms with Crippen LogP contribution in [0.4, 0.5) is 0 Å². The van der Waals surface area contributed by atoms with Gasteiger partial charge in [-0.2, -0.15) is 0 Å². The van der Waals surface area contributed by atoms with Crippen LogP contribution in [0.15, 0.2) is 60.7 Å². The lowest BCUT2D eigenvalue weighted by atomic mass is 10.1. The van der Waals surface area contributed by atoms with E-state index in [4.69, 9.17) is 0 Å². The molecule has 3 heteroatoms. The van der Waals surface area contributed by atoms with Gasteiger partial charge < -0.3 is 5.32 Å². The lowest BCUT2D eigenvalue weighted by Crippen LogP contribution is -2.23. The highest BCUT2D eigenvalue weighted by Crippen LogP contribution is 1.99. The first-order valence-corrected chi connectivity index (χ1v) is 6.19. The lowest BCUT2D eigenvalue weighted by molar-refractivity contribution is 0.0957. The number of hydrogen-bond acceptors (Lipinski definition) is 2. The molecule has 0 saturated heterocycles. The molecule has 2 aromatic rings. The van der Waals surface area contributed by atoms with Crippen LogP contribution < -0.4 is 5.32 Å². The number of Topliss-reactive ketones (excluding diaryl/α,β-unsaturated/α-hetero) is 1. The van der Waals surface area contributed by atoms with Crippen LogP contribution in [0.1, 0.15) is 20.7 Å². The van der Waals surface area contributed by atoms with Crippen molar-refractivity contribution in [3.63, 3.8) is 0 Å². The Bertz CT molecular complexity index is 652. The fourth-order valence-corrected chi connectivity index (χ4v) is 1.60. The summed E-state index contributed by atoms with van der Waals surface area (Å²) in [4.78, 5) is 23.4. The van der Waals surface area contributed by atoms with Crippen LogP contribution in [0.2, 0.25) is 0 Å². The maximum absolute atomic E-state index is 11.7. The second-order valence-corrected chi connectivity index (χ2v) is 4.05. The number of carbonyl (C=O) groups is 2. The van der Waals surface area contributed by atoms with Gasteiger partial charge in [0.1, 0.15) is 0 Å². The molecule has 98 valence electrons. The molecule has 0 heterocycles. The van der Waals surface area contributed by atoms with E-state index in [1.54, 1.807) is 48.5 Å². The third-order valence-electron chi connectivity index (χ3n) is 2.61. The highest BCUT2D eigenvalue weighted by molar-refractivity contribution is 6.09. The van der Waals surface area contributed by atoms with Crippen molar-refractivity contribution in [3.8, 4) is 11.8 Å². The zero-order valence-corrected chi connectivity index (χ0v) is 10.8. The molecule has 2 rings (SSSR count). The summed E-state index contributed by atoms with van der Waals surface area (Å²) >= 11 is 0. The van der Waals surface area contributed by atoms with E-state index in [1.165, 1.54) is 0 Å². The van der Waals surface area contributed by atoms with E-state index >= 15 is 0 Å². The second-order valence-electron chi connectivity index (χ2n) is 4.05. The van der Waals surface area contributed by atoms with Crippen molar-refractivity contribution in [2.24, 2.45) is 0 Å². The summed E-state index contributed by atoms with van der Waals surface area (Å²) in [6.07, 6.45) is 0. The van der Waals surface area contributed by atoms with Crippen LogP contribution in [0.5, 0.6) is 0 Å². The van der Waals surface area contributed by atoms with Gasteiger partial charge in [-0.25, -0.2) is 0 Å². The minimum absolute atomic E-state index is 0.145. The molecule has 0 fully saturated rings. The molecule has 2 aromatic carbocycles. The molecule has 0 spiro atoms. The number of amides is 1. The SMILES string of the molecule is O=C(C#CCNC(=O)c1ccccc1)c1ccccc1. The quantitative estimate of drug-likeness (QED) is 0.524. The van der Waals surface area contributed by atoms with Gasteiger partial charge in [-0.15, -0.1) is 0 Å². The molecule has 1 amide bonds. The van der Waals surface area contributed by atoms with E-state index in [0.717, 1.165) is 0 Å². The van der Waals surface area contributed by atoms with Crippen LogP contribution in [-0.4, -0.2) is 18.2 Å². The Morgan fingerprint density at radius 2 is 1.40 bits per heavy atom. The molecule has 0 atom stereocenters. The Morgan fingerprint density at radius 3 is 2.00 bits per heavy atom. The van der Waals surface area contributed by atoms with E-state index in [2.05, 4.69) is 17.2 Å². The Hall–Kier alpha value is -2.86. The second kappa shape index (κ2) is 6.91. The maximum atomic E-state index is 11.7. The average Bonchev–Trinajstić information content (AvgIpc) is 2.53. The van der Waals surface area contributed by atoms with Crippen molar-refractivity contribution >= 4 is 11.7 Å². The van der Waals surface area contributed by atoms with Crippen molar-refractivity contribution < 1.29 is 9.59 Å². The topological polar surface area (TPSA) is 46.2 Å². The first-order valence-electron chi connectivity index (χ1n) is 6.19. The van der Waals surface area contributed by atoms with Crippen molar-refractivity contribution in [2.75, 3.05) is 6.54 Å². The van der Waals surface area contributed by atoms with E-state index in [-0.39, 0.29) is 18.2 Å². The predicted octanol–water partition coefficient (Wildman–Crippen LogP) is 2.30. The summed E-state index contributed by atoms with van der Waals surface area (Å²) < 4.78 is 0. The summed E-state index contributed by atoms with van der Waals surface area (Å²) in [7, 11) is 0. The first-order chi connectivity index (χ1) is 9.77. The van der Waals surface area contributed by atoms with Gasteiger partial charge in [-0.3, -0.25) is 9.59 Å². The van der Waals surface area contributed by atoms with E-state index in [9.17, 15) is 9.59 Å². The molecule has 0 aliphatic heterocycles. The molecule has 0 aliphatic carbocycles. The van der Waals surface area contributed by atoms with Crippen LogP contribution in [0.25, 0.3) is 0 Å². The molecule has 0 aromatic heterocycles. The molecular weight excluding hydrogens is 250 g/mol. The first kappa shape index (κ1) is 13.6. The molecule has 20 heavy (non-hydrogen) atoms. The lowest BCUT2D eigenvalue weighted by Gasteiger charge is -1.99. The Balaban J connectivity index is 1.87. The smallest absolute Gasteiger partial charge is 0.252 e. The Kier molecular flexibility index (Phi) is 4.69. The third kappa shape index (κ3) is 3.82. The largest absolute Gasteiger partial charge is 0.341 e. The summed E-state index contributed by atoms with van der Waals surface area (Å²) in [5.41, 5.74) is 1.12. The molecular formula is C17H13NO2. The number of ketones is 1. The summed E-state index contributed by atoms with van der Waals surface area (Å²) in [5.74, 6) is 4.70. The van der Waals surface area contributed by atoms with Gasteiger partial charge in [0, 0.05) is 11.1 Å². The van der Waals surface area contributed by atoms with Crippen LogP contribution in [0, 0.1) is 11.8 Å². The highest BCUT2D eigenvalue weighted by Gasteiger charge is 2.02. The number of rotatable bonds is 3. The molecule has 1 N–H and O–H groups in total. The van der Waals surface area contributed by atoms with Crippen molar-refractivity contribution in [2.45, 2.75) is 0 Å². The van der Waals surface area contributed by atoms with Crippen molar-refractivity contribution in [1.82, 2.24) is 5.32 Å². The zero-order chi connectivity index (χ0) is 14.2. The molecule has 3 nitrogen and oxygen atoms in total. The standard InChI is InChI=1S/C17H13NO2/c19-16(14-8-3-1-4-9-14)12-7-13-18-17(20)15-10-5-2-6-11-15/h1-6,8-11H,13H2,(H,18,20). The normalized spacial score (nSPS) is 9.20. The predicted molar refractivity (Wildman–Crippen MR) is 77.3 cm³/mol. The minimum atomic E-state index is -0.250. The van der Waals surface area contributed by atoms with Gasteiger partial charge in [-0.05, 0) is 18.1 Å². The van der Waals surface area contributed by atoms with Crippen LogP contribution in [0.3, 0.4) is 0 Å². The number of benzene rings is 2. The van der Waals surface area contributed by atoms with Gasteiger partial charge >= 0.3 is 0 Å². The average molecular weight is 263 g/mol. The van der Waals surface area contributed by atoms with Crippen LogP contribution in [-0.2, 0) is 0 Å². The van der Waals surface area contributed by atoms with Crippen LogP contribution >= 0.6 is 0 Å². The van der Waals surface area contributed by atoms with Gasteiger partial charge in [0.05, 0.1) is 6.54 Å². The van der Waals surface area contributed by atoms with Gasteiger partial charge in [0.25, 0.3) is 5.91 Å². The zero-order valence-electron chi connectivity index (χ0n) is 10.8. The number of hydrogen-bond donors (Lipinski definition) is 1. The van der Waals surface area contributed by atoms with E-state index in [0.29, 0.717) is 11.1 Å². The number of carbonyl (C=O) groups excluding carboxylic acids is 2. The van der Waals surface area contributed by atoms with Gasteiger partial charge in [0.2, 0.25) is 5.78 Å². The van der Waals surface area contributed by atoms with E-state index < -0.39 is 0 Å². The van der Waals surface area contributed by atoms with Crippen molar-refractivity contribution in [1.29, 1.82) is 0 Å². The van der Waals surface area contributed by atoms with Gasteiger partial charge in [0.15, 0.2) is 0 Å². The summed E-state index contributed by atoms with van der Waals surface area (Å²) in [6.45, 7) is 0.145. The fraction of sp³-hybridized carbons (Fsp3) is 0.0588. The summed E-state index contributed by atoms with van der Waals surface area (Å²) in [6, 6.07) is 17.7. The molecule has 0 aliphatic rings. The molecule has 0 saturated carbocycles. The van der Waals surface area contributed by atoms with Crippen molar-refractivity contribution in [3.05, 3.63) is 71.8 Å². The third-order valence-corrected chi connectivity index (χ3v) is 2.61.